The molecule has 2 atom stereocenters. The number of nitrogens with one attached hydrogen (secondary N) is 4. The standard InChI is InChI=1S/C36H35ClF3N7O6/c1-21(22-5-3-2-4-6-22)19-41-30(50)28(48)16-15-27(31(51)52)43-29(49)23-7-13-26(14-8-23)42-32-44-33(46-34(45-32)53-20-36(38,39)40)47-35(17-18-35)24-9-11-25(37)12-10-24/h2-14,21,27H,15-20H2,1H3,(H,41,50)(H,43,49)(H,51,52)(H2,42,44,45,46,47)/t21?,27-/m0/s1. The number of carbonyl (C=O) groups is 4. The molecule has 1 aliphatic carbocycles. The van der Waals surface area contributed by atoms with Crippen LogP contribution in [0, 0.1) is 0 Å². The van der Waals surface area contributed by atoms with E-state index >= 15 is 0 Å². The first kappa shape index (κ1) is 38.5. The van der Waals surface area contributed by atoms with Crippen LogP contribution < -0.4 is 26.0 Å². The Balaban J connectivity index is 1.19. The Morgan fingerprint density at radius 3 is 2.21 bits per heavy atom. The zero-order valence-electron chi connectivity index (χ0n) is 28.2. The molecule has 3 aromatic carbocycles. The van der Waals surface area contributed by atoms with Crippen LogP contribution in [0.15, 0.2) is 78.9 Å². The van der Waals surface area contributed by atoms with Gasteiger partial charge in [0.15, 0.2) is 6.61 Å². The number of carboxylic acid groups (broad SMARTS) is 1. The number of benzene rings is 3. The summed E-state index contributed by atoms with van der Waals surface area (Å²) in [6.07, 6.45) is -3.97. The summed E-state index contributed by atoms with van der Waals surface area (Å²) in [7, 11) is 0. The Labute approximate surface area is 306 Å². The summed E-state index contributed by atoms with van der Waals surface area (Å²) in [5, 5.41) is 21.1. The molecule has 1 unspecified atom stereocenters. The van der Waals surface area contributed by atoms with Crippen molar-refractivity contribution in [1.29, 1.82) is 0 Å². The van der Waals surface area contributed by atoms with E-state index in [0.29, 0.717) is 23.6 Å². The normalized spacial score (nSPS) is 14.3. The van der Waals surface area contributed by atoms with Gasteiger partial charge in [0.05, 0.1) is 5.54 Å². The lowest BCUT2D eigenvalue weighted by molar-refractivity contribution is -0.154. The Bertz CT molecular complexity index is 1930. The van der Waals surface area contributed by atoms with Gasteiger partial charge in [-0.2, -0.15) is 28.1 Å². The summed E-state index contributed by atoms with van der Waals surface area (Å²) < 4.78 is 43.6. The molecule has 1 heterocycles. The van der Waals surface area contributed by atoms with Crippen molar-refractivity contribution in [3.8, 4) is 6.01 Å². The minimum Gasteiger partial charge on any atom is -0.480 e. The number of ketones is 1. The highest BCUT2D eigenvalue weighted by molar-refractivity contribution is 6.36. The lowest BCUT2D eigenvalue weighted by Gasteiger charge is -2.19. The predicted octanol–water partition coefficient (Wildman–Crippen LogP) is 5.76. The summed E-state index contributed by atoms with van der Waals surface area (Å²) in [6, 6.07) is 20.1. The molecule has 2 amide bonds. The van der Waals surface area contributed by atoms with E-state index < -0.39 is 60.4 Å². The summed E-state index contributed by atoms with van der Waals surface area (Å²) in [5.74, 6) is -4.07. The molecule has 1 saturated carbocycles. The van der Waals surface area contributed by atoms with E-state index in [1.807, 2.05) is 49.4 Å². The van der Waals surface area contributed by atoms with Crippen molar-refractivity contribution in [3.05, 3.63) is 101 Å². The first-order chi connectivity index (χ1) is 25.2. The number of nitrogens with zero attached hydrogens (tertiary/aromatic N) is 3. The van der Waals surface area contributed by atoms with Crippen LogP contribution in [0.2, 0.25) is 5.02 Å². The average molecular weight is 754 g/mol. The van der Waals surface area contributed by atoms with Crippen molar-refractivity contribution in [2.45, 2.75) is 56.3 Å². The quantitative estimate of drug-likeness (QED) is 0.0826. The monoisotopic (exact) mass is 753 g/mol. The minimum atomic E-state index is -4.64. The van der Waals surface area contributed by atoms with Gasteiger partial charge in [0.25, 0.3) is 11.8 Å². The maximum Gasteiger partial charge on any atom is 0.422 e. The van der Waals surface area contributed by atoms with Gasteiger partial charge < -0.3 is 31.1 Å². The Morgan fingerprint density at radius 1 is 0.925 bits per heavy atom. The van der Waals surface area contributed by atoms with Gasteiger partial charge in [0.2, 0.25) is 17.7 Å². The first-order valence-corrected chi connectivity index (χ1v) is 16.8. The van der Waals surface area contributed by atoms with Crippen LogP contribution in [-0.4, -0.2) is 69.0 Å². The van der Waals surface area contributed by atoms with Crippen molar-refractivity contribution < 1.29 is 42.2 Å². The van der Waals surface area contributed by atoms with E-state index in [9.17, 15) is 37.5 Å². The molecule has 4 aromatic rings. The molecule has 17 heteroatoms. The van der Waals surface area contributed by atoms with Gasteiger partial charge in [-0.15, -0.1) is 0 Å². The number of carboxylic acids is 1. The van der Waals surface area contributed by atoms with Crippen molar-refractivity contribution >= 4 is 52.8 Å². The molecular weight excluding hydrogens is 719 g/mol. The number of ether oxygens (including phenoxy) is 1. The average Bonchev–Trinajstić information content (AvgIpc) is 3.91. The lowest BCUT2D eigenvalue weighted by Crippen LogP contribution is -2.42. The first-order valence-electron chi connectivity index (χ1n) is 16.5. The fourth-order valence-corrected chi connectivity index (χ4v) is 5.36. The third kappa shape index (κ3) is 11.1. The van der Waals surface area contributed by atoms with Crippen LogP contribution in [0.4, 0.5) is 30.8 Å². The van der Waals surface area contributed by atoms with E-state index in [4.69, 9.17) is 16.3 Å². The molecule has 1 fully saturated rings. The van der Waals surface area contributed by atoms with Crippen LogP contribution in [0.3, 0.4) is 0 Å². The molecule has 53 heavy (non-hydrogen) atoms. The topological polar surface area (TPSA) is 185 Å². The molecule has 278 valence electrons. The molecule has 13 nitrogen and oxygen atoms in total. The van der Waals surface area contributed by atoms with Gasteiger partial charge in [0, 0.05) is 29.2 Å². The second-order valence-electron chi connectivity index (χ2n) is 12.4. The molecule has 5 N–H and O–H groups in total. The number of hydrogen-bond acceptors (Lipinski definition) is 10. The number of amides is 2. The molecule has 5 rings (SSSR count). The summed E-state index contributed by atoms with van der Waals surface area (Å²) >= 11 is 6.02. The third-order valence-electron chi connectivity index (χ3n) is 8.34. The summed E-state index contributed by atoms with van der Waals surface area (Å²) in [4.78, 5) is 61.8. The zero-order valence-corrected chi connectivity index (χ0v) is 29.0. The second kappa shape index (κ2) is 16.7. The van der Waals surface area contributed by atoms with E-state index in [-0.39, 0.29) is 36.3 Å². The molecule has 1 aromatic heterocycles. The predicted molar refractivity (Wildman–Crippen MR) is 188 cm³/mol. The Kier molecular flexibility index (Phi) is 12.1. The van der Waals surface area contributed by atoms with Crippen LogP contribution in [-0.2, 0) is 19.9 Å². The number of alkyl halides is 3. The van der Waals surface area contributed by atoms with E-state index in [1.54, 1.807) is 12.1 Å². The molecular formula is C36H35ClF3N7O6. The van der Waals surface area contributed by atoms with Crippen molar-refractivity contribution in [3.63, 3.8) is 0 Å². The fraction of sp³-hybridized carbons (Fsp3) is 0.306. The van der Waals surface area contributed by atoms with Gasteiger partial charge in [-0.25, -0.2) is 4.79 Å². The number of rotatable bonds is 17. The minimum absolute atomic E-state index is 0.0412. The van der Waals surface area contributed by atoms with E-state index in [2.05, 4.69) is 36.2 Å². The third-order valence-corrected chi connectivity index (χ3v) is 8.59. The van der Waals surface area contributed by atoms with E-state index in [0.717, 1.165) is 11.1 Å². The zero-order chi connectivity index (χ0) is 38.2. The lowest BCUT2D eigenvalue weighted by atomic mass is 10.0. The van der Waals surface area contributed by atoms with Crippen LogP contribution in [0.25, 0.3) is 0 Å². The Hall–Kier alpha value is -5.77. The fourth-order valence-electron chi connectivity index (χ4n) is 5.24. The summed E-state index contributed by atoms with van der Waals surface area (Å²) in [6.45, 7) is 0.470. The molecule has 0 saturated heterocycles. The Morgan fingerprint density at radius 2 is 1.58 bits per heavy atom. The van der Waals surface area contributed by atoms with Gasteiger partial charge >= 0.3 is 18.2 Å². The highest BCUT2D eigenvalue weighted by Crippen LogP contribution is 2.48. The molecule has 1 aliphatic rings. The molecule has 0 aliphatic heterocycles. The second-order valence-corrected chi connectivity index (χ2v) is 12.9. The number of carbonyl (C=O) groups excluding carboxylic acids is 3. The smallest absolute Gasteiger partial charge is 0.422 e. The van der Waals surface area contributed by atoms with Crippen LogP contribution >= 0.6 is 11.6 Å². The number of aromatic nitrogens is 3. The summed E-state index contributed by atoms with van der Waals surface area (Å²) in [5.41, 5.74) is 1.69. The van der Waals surface area contributed by atoms with Crippen LogP contribution in [0.1, 0.15) is 60.0 Å². The SMILES string of the molecule is CC(CNC(=O)C(=O)CC[C@H](NC(=O)c1ccc(Nc2nc(NC3(c4ccc(Cl)cc4)CC3)nc(OCC(F)(F)F)n2)cc1)C(=O)O)c1ccccc1. The number of anilines is 3. The number of Topliss-reactive ketones (excluding diaryl/α,β-unsaturated/α-hetero) is 1. The van der Waals surface area contributed by atoms with Gasteiger partial charge in [-0.1, -0.05) is 61.0 Å². The van der Waals surface area contributed by atoms with Gasteiger partial charge in [-0.3, -0.25) is 14.4 Å². The number of halogens is 4. The van der Waals surface area contributed by atoms with Crippen molar-refractivity contribution in [2.75, 3.05) is 23.8 Å². The van der Waals surface area contributed by atoms with Gasteiger partial charge in [0.1, 0.15) is 6.04 Å². The van der Waals surface area contributed by atoms with E-state index in [1.165, 1.54) is 24.3 Å². The molecule has 0 bridgehead atoms. The van der Waals surface area contributed by atoms with Crippen molar-refractivity contribution in [2.24, 2.45) is 0 Å². The maximum atomic E-state index is 12.9. The molecule has 0 spiro atoms. The van der Waals surface area contributed by atoms with Crippen molar-refractivity contribution in [1.82, 2.24) is 25.6 Å². The highest BCUT2D eigenvalue weighted by atomic mass is 35.5. The van der Waals surface area contributed by atoms with Crippen LogP contribution in [0.5, 0.6) is 6.01 Å². The van der Waals surface area contributed by atoms with Gasteiger partial charge in [-0.05, 0) is 72.7 Å². The number of aliphatic carboxylic acids is 1. The largest absolute Gasteiger partial charge is 0.480 e. The number of hydrogen-bond donors (Lipinski definition) is 5. The maximum absolute atomic E-state index is 12.9. The highest BCUT2D eigenvalue weighted by Gasteiger charge is 2.45. The molecule has 0 radical (unpaired) electrons.